The van der Waals surface area contributed by atoms with E-state index < -0.39 is 0 Å². The van der Waals surface area contributed by atoms with E-state index in [2.05, 4.69) is 10.1 Å². The minimum atomic E-state index is -0.336. The molecule has 2 N–H and O–H groups in total. The molecule has 2 aromatic rings. The van der Waals surface area contributed by atoms with E-state index in [-0.39, 0.29) is 12.0 Å². The third-order valence-corrected chi connectivity index (χ3v) is 2.81. The van der Waals surface area contributed by atoms with E-state index in [1.807, 2.05) is 37.3 Å². The number of ether oxygens (including phenoxy) is 1. The minimum Gasteiger partial charge on any atom is -0.367 e. The number of rotatable bonds is 5. The van der Waals surface area contributed by atoms with E-state index in [1.165, 1.54) is 0 Å². The predicted octanol–water partition coefficient (Wildman–Crippen LogP) is 1.87. The van der Waals surface area contributed by atoms with E-state index in [4.69, 9.17) is 15.0 Å². The van der Waals surface area contributed by atoms with Gasteiger partial charge in [0.15, 0.2) is 11.9 Å². The molecule has 5 nitrogen and oxygen atoms in total. The Hall–Kier alpha value is -1.72. The SMILES string of the molecule is COC(c1ccccc1)c1nc(C(C)CN)no1. The second-order valence-electron chi connectivity index (χ2n) is 4.15. The summed E-state index contributed by atoms with van der Waals surface area (Å²) in [5, 5.41) is 3.94. The van der Waals surface area contributed by atoms with Crippen molar-refractivity contribution in [1.82, 2.24) is 10.1 Å². The summed E-state index contributed by atoms with van der Waals surface area (Å²) in [5.74, 6) is 1.15. The van der Waals surface area contributed by atoms with Gasteiger partial charge in [-0.1, -0.05) is 42.4 Å². The highest BCUT2D eigenvalue weighted by atomic mass is 16.5. The molecule has 0 fully saturated rings. The molecule has 0 aliphatic heterocycles. The van der Waals surface area contributed by atoms with Gasteiger partial charge in [-0.2, -0.15) is 4.98 Å². The number of hydrogen-bond acceptors (Lipinski definition) is 5. The predicted molar refractivity (Wildman–Crippen MR) is 67.1 cm³/mol. The normalized spacial score (nSPS) is 14.4. The standard InChI is InChI=1S/C13H17N3O2/c1-9(8-14)12-15-13(18-16-12)11(17-2)10-6-4-3-5-7-10/h3-7,9,11H,8,14H2,1-2H3. The van der Waals surface area contributed by atoms with Crippen molar-refractivity contribution in [2.75, 3.05) is 13.7 Å². The van der Waals surface area contributed by atoms with Crippen molar-refractivity contribution in [2.45, 2.75) is 18.9 Å². The van der Waals surface area contributed by atoms with Gasteiger partial charge in [-0.3, -0.25) is 0 Å². The first-order valence-electron chi connectivity index (χ1n) is 5.87. The zero-order chi connectivity index (χ0) is 13.0. The van der Waals surface area contributed by atoms with E-state index in [1.54, 1.807) is 7.11 Å². The highest BCUT2D eigenvalue weighted by Gasteiger charge is 2.21. The van der Waals surface area contributed by atoms with Crippen LogP contribution in [0.25, 0.3) is 0 Å². The van der Waals surface area contributed by atoms with Gasteiger partial charge in [0, 0.05) is 19.6 Å². The second-order valence-corrected chi connectivity index (χ2v) is 4.15. The molecule has 0 aliphatic rings. The molecule has 1 heterocycles. The van der Waals surface area contributed by atoms with Crippen LogP contribution in [0.4, 0.5) is 0 Å². The van der Waals surface area contributed by atoms with Crippen LogP contribution in [0.3, 0.4) is 0 Å². The van der Waals surface area contributed by atoms with Gasteiger partial charge in [0.1, 0.15) is 0 Å². The zero-order valence-corrected chi connectivity index (χ0v) is 10.5. The molecule has 1 aromatic heterocycles. The number of nitrogens with zero attached hydrogens (tertiary/aromatic N) is 2. The van der Waals surface area contributed by atoms with Gasteiger partial charge in [0.25, 0.3) is 5.89 Å². The second kappa shape index (κ2) is 5.75. The Balaban J connectivity index is 2.26. The Kier molecular flexibility index (Phi) is 4.07. The fraction of sp³-hybridized carbons (Fsp3) is 0.385. The van der Waals surface area contributed by atoms with Gasteiger partial charge in [-0.15, -0.1) is 0 Å². The van der Waals surface area contributed by atoms with Crippen molar-refractivity contribution < 1.29 is 9.26 Å². The van der Waals surface area contributed by atoms with Crippen molar-refractivity contribution in [1.29, 1.82) is 0 Å². The summed E-state index contributed by atoms with van der Waals surface area (Å²) in [6.07, 6.45) is -0.336. The zero-order valence-electron chi connectivity index (χ0n) is 10.5. The highest BCUT2D eigenvalue weighted by molar-refractivity contribution is 5.22. The molecule has 5 heteroatoms. The lowest BCUT2D eigenvalue weighted by Crippen LogP contribution is -2.10. The van der Waals surface area contributed by atoms with Crippen molar-refractivity contribution in [3.05, 3.63) is 47.6 Å². The Bertz CT molecular complexity index is 484. The Morgan fingerprint density at radius 1 is 1.33 bits per heavy atom. The first kappa shape index (κ1) is 12.7. The summed E-state index contributed by atoms with van der Waals surface area (Å²) in [5.41, 5.74) is 6.56. The van der Waals surface area contributed by atoms with Gasteiger partial charge < -0.3 is 15.0 Å². The Morgan fingerprint density at radius 2 is 2.06 bits per heavy atom. The average Bonchev–Trinajstić information content (AvgIpc) is 2.89. The van der Waals surface area contributed by atoms with Crippen LogP contribution in [0.15, 0.2) is 34.9 Å². The van der Waals surface area contributed by atoms with Crippen LogP contribution in [0.1, 0.15) is 36.2 Å². The van der Waals surface area contributed by atoms with Crippen LogP contribution in [0, 0.1) is 0 Å². The molecular weight excluding hydrogens is 230 g/mol. The number of hydrogen-bond donors (Lipinski definition) is 1. The minimum absolute atomic E-state index is 0.0794. The topological polar surface area (TPSA) is 74.2 Å². The lowest BCUT2D eigenvalue weighted by atomic mass is 10.1. The summed E-state index contributed by atoms with van der Waals surface area (Å²) < 4.78 is 10.7. The first-order valence-corrected chi connectivity index (χ1v) is 5.87. The maximum absolute atomic E-state index is 5.58. The molecule has 18 heavy (non-hydrogen) atoms. The fourth-order valence-corrected chi connectivity index (χ4v) is 1.67. The number of benzene rings is 1. The third-order valence-electron chi connectivity index (χ3n) is 2.81. The van der Waals surface area contributed by atoms with Gasteiger partial charge >= 0.3 is 0 Å². The van der Waals surface area contributed by atoms with Gasteiger partial charge in [0.05, 0.1) is 0 Å². The van der Waals surface area contributed by atoms with Crippen molar-refractivity contribution in [3.8, 4) is 0 Å². The number of aromatic nitrogens is 2. The molecule has 0 aliphatic carbocycles. The van der Waals surface area contributed by atoms with Crippen molar-refractivity contribution >= 4 is 0 Å². The van der Waals surface area contributed by atoms with Crippen LogP contribution >= 0.6 is 0 Å². The van der Waals surface area contributed by atoms with Gasteiger partial charge in [0.2, 0.25) is 0 Å². The Labute approximate surface area is 106 Å². The van der Waals surface area contributed by atoms with Gasteiger partial charge in [-0.25, -0.2) is 0 Å². The Morgan fingerprint density at radius 3 is 2.67 bits per heavy atom. The molecule has 2 unspecified atom stereocenters. The lowest BCUT2D eigenvalue weighted by molar-refractivity contribution is 0.105. The van der Waals surface area contributed by atoms with Crippen LogP contribution < -0.4 is 5.73 Å². The molecule has 2 rings (SSSR count). The smallest absolute Gasteiger partial charge is 0.260 e. The number of nitrogens with two attached hydrogens (primary N) is 1. The van der Waals surface area contributed by atoms with E-state index in [0.717, 1.165) is 5.56 Å². The van der Waals surface area contributed by atoms with Crippen LogP contribution in [-0.2, 0) is 4.74 Å². The van der Waals surface area contributed by atoms with Crippen LogP contribution in [0.2, 0.25) is 0 Å². The largest absolute Gasteiger partial charge is 0.367 e. The quantitative estimate of drug-likeness (QED) is 0.873. The molecule has 0 saturated carbocycles. The summed E-state index contributed by atoms with van der Waals surface area (Å²) in [6, 6.07) is 9.77. The van der Waals surface area contributed by atoms with Crippen LogP contribution in [-0.4, -0.2) is 23.8 Å². The maximum Gasteiger partial charge on any atom is 0.260 e. The van der Waals surface area contributed by atoms with Crippen molar-refractivity contribution in [2.24, 2.45) is 5.73 Å². The van der Waals surface area contributed by atoms with E-state index >= 15 is 0 Å². The van der Waals surface area contributed by atoms with E-state index in [0.29, 0.717) is 18.3 Å². The molecule has 0 bridgehead atoms. The summed E-state index contributed by atoms with van der Waals surface area (Å²) in [7, 11) is 1.62. The molecule has 0 spiro atoms. The highest BCUT2D eigenvalue weighted by Crippen LogP contribution is 2.24. The molecule has 0 amide bonds. The molecule has 0 radical (unpaired) electrons. The first-order chi connectivity index (χ1) is 8.76. The molecule has 0 saturated heterocycles. The van der Waals surface area contributed by atoms with Crippen LogP contribution in [0.5, 0.6) is 0 Å². The average molecular weight is 247 g/mol. The number of methoxy groups -OCH3 is 1. The third kappa shape index (κ3) is 2.57. The van der Waals surface area contributed by atoms with Crippen molar-refractivity contribution in [3.63, 3.8) is 0 Å². The maximum atomic E-state index is 5.58. The summed E-state index contributed by atoms with van der Waals surface area (Å²) >= 11 is 0. The summed E-state index contributed by atoms with van der Waals surface area (Å²) in [4.78, 5) is 4.35. The monoisotopic (exact) mass is 247 g/mol. The van der Waals surface area contributed by atoms with E-state index in [9.17, 15) is 0 Å². The molecular formula is C13H17N3O2. The van der Waals surface area contributed by atoms with Gasteiger partial charge in [-0.05, 0) is 5.56 Å². The fourth-order valence-electron chi connectivity index (χ4n) is 1.67. The molecule has 1 aromatic carbocycles. The molecule has 2 atom stereocenters. The lowest BCUT2D eigenvalue weighted by Gasteiger charge is -2.10. The molecule has 96 valence electrons. The summed E-state index contributed by atoms with van der Waals surface area (Å²) in [6.45, 7) is 2.45.